The highest BCUT2D eigenvalue weighted by molar-refractivity contribution is 5.82. The Morgan fingerprint density at radius 2 is 2.12 bits per heavy atom. The molecule has 2 saturated heterocycles. The summed E-state index contributed by atoms with van der Waals surface area (Å²) in [7, 11) is 0. The van der Waals surface area contributed by atoms with Gasteiger partial charge in [-0.2, -0.15) is 0 Å². The molecule has 2 heterocycles. The zero-order valence-electron chi connectivity index (χ0n) is 10.7. The molecule has 2 fully saturated rings. The van der Waals surface area contributed by atoms with Crippen molar-refractivity contribution < 1.29 is 4.74 Å². The first-order valence-corrected chi connectivity index (χ1v) is 6.62. The summed E-state index contributed by atoms with van der Waals surface area (Å²) in [6.07, 6.45) is 2.13. The first-order chi connectivity index (χ1) is 8.22. The van der Waals surface area contributed by atoms with Gasteiger partial charge in [0.1, 0.15) is 5.84 Å². The van der Waals surface area contributed by atoms with E-state index in [0.717, 1.165) is 45.8 Å². The number of amidine groups is 1. The predicted octanol–water partition coefficient (Wildman–Crippen LogP) is 0.107. The largest absolute Gasteiger partial charge is 0.386 e. The van der Waals surface area contributed by atoms with E-state index in [0.29, 0.717) is 11.9 Å². The number of nitrogens with zero attached hydrogens (tertiary/aromatic N) is 2. The lowest BCUT2D eigenvalue weighted by Crippen LogP contribution is -2.47. The van der Waals surface area contributed by atoms with Gasteiger partial charge in [-0.25, -0.2) is 0 Å². The highest BCUT2D eigenvalue weighted by atomic mass is 16.5. The summed E-state index contributed by atoms with van der Waals surface area (Å²) in [6, 6.07) is 0.772. The lowest BCUT2D eigenvalue weighted by Gasteiger charge is -2.33. The van der Waals surface area contributed by atoms with Crippen LogP contribution in [0.4, 0.5) is 0 Å². The quantitative estimate of drug-likeness (QED) is 0.540. The Hall–Kier alpha value is -0.650. The van der Waals surface area contributed by atoms with Crippen LogP contribution < -0.4 is 5.73 Å². The first-order valence-electron chi connectivity index (χ1n) is 6.62. The maximum atomic E-state index is 7.63. The molecule has 0 bridgehead atoms. The van der Waals surface area contributed by atoms with Crippen LogP contribution in [-0.4, -0.2) is 67.1 Å². The third kappa shape index (κ3) is 2.97. The van der Waals surface area contributed by atoms with Crippen LogP contribution in [0.2, 0.25) is 0 Å². The molecular formula is C12H24N4O. The van der Waals surface area contributed by atoms with E-state index in [1.807, 2.05) is 0 Å². The minimum absolute atomic E-state index is 0.140. The van der Waals surface area contributed by atoms with Gasteiger partial charge in [0.25, 0.3) is 0 Å². The normalized spacial score (nSPS) is 29.4. The summed E-state index contributed by atoms with van der Waals surface area (Å²) >= 11 is 0. The second-order valence-corrected chi connectivity index (χ2v) is 4.97. The van der Waals surface area contributed by atoms with E-state index in [4.69, 9.17) is 15.9 Å². The molecule has 0 aromatic rings. The van der Waals surface area contributed by atoms with Gasteiger partial charge in [0, 0.05) is 32.2 Å². The standard InChI is InChI=1S/C12H24N4O/c1-2-11(12(13)14)16-4-3-10(9-16)15-5-7-17-8-6-15/h10-11H,2-9H2,1H3,(H3,13,14). The van der Waals surface area contributed by atoms with Crippen molar-refractivity contribution in [2.24, 2.45) is 5.73 Å². The fourth-order valence-electron chi connectivity index (χ4n) is 2.97. The average Bonchev–Trinajstić information content (AvgIpc) is 2.80. The fourth-order valence-corrected chi connectivity index (χ4v) is 2.97. The Kier molecular flexibility index (Phi) is 4.36. The van der Waals surface area contributed by atoms with Gasteiger partial charge in [0.05, 0.1) is 19.3 Å². The summed E-state index contributed by atoms with van der Waals surface area (Å²) in [6.45, 7) is 8.05. The molecule has 17 heavy (non-hydrogen) atoms. The zero-order valence-corrected chi connectivity index (χ0v) is 10.7. The molecule has 5 heteroatoms. The lowest BCUT2D eigenvalue weighted by molar-refractivity contribution is 0.0181. The van der Waals surface area contributed by atoms with Gasteiger partial charge in [-0.05, 0) is 12.8 Å². The van der Waals surface area contributed by atoms with E-state index in [1.54, 1.807) is 0 Å². The van der Waals surface area contributed by atoms with Crippen molar-refractivity contribution >= 4 is 5.84 Å². The smallest absolute Gasteiger partial charge is 0.108 e. The maximum Gasteiger partial charge on any atom is 0.108 e. The number of hydrogen-bond acceptors (Lipinski definition) is 4. The van der Waals surface area contributed by atoms with Crippen LogP contribution in [0.5, 0.6) is 0 Å². The van der Waals surface area contributed by atoms with Gasteiger partial charge in [-0.3, -0.25) is 15.2 Å². The third-order valence-electron chi connectivity index (χ3n) is 3.94. The van der Waals surface area contributed by atoms with Crippen molar-refractivity contribution in [1.29, 1.82) is 5.41 Å². The highest BCUT2D eigenvalue weighted by Gasteiger charge is 2.32. The minimum Gasteiger partial charge on any atom is -0.386 e. The van der Waals surface area contributed by atoms with Crippen LogP contribution in [0.25, 0.3) is 0 Å². The van der Waals surface area contributed by atoms with Crippen LogP contribution in [0.3, 0.4) is 0 Å². The van der Waals surface area contributed by atoms with E-state index in [2.05, 4.69) is 16.7 Å². The van der Waals surface area contributed by atoms with Gasteiger partial charge < -0.3 is 10.5 Å². The minimum atomic E-state index is 0.140. The Morgan fingerprint density at radius 1 is 1.41 bits per heavy atom. The molecular weight excluding hydrogens is 216 g/mol. The summed E-state index contributed by atoms with van der Waals surface area (Å²) < 4.78 is 5.38. The summed E-state index contributed by atoms with van der Waals surface area (Å²) in [5.74, 6) is 0.315. The van der Waals surface area contributed by atoms with Crippen LogP contribution in [-0.2, 0) is 4.74 Å². The summed E-state index contributed by atoms with van der Waals surface area (Å²) in [4.78, 5) is 4.89. The van der Waals surface area contributed by atoms with Gasteiger partial charge in [-0.15, -0.1) is 0 Å². The Balaban J connectivity index is 1.87. The number of nitrogens with two attached hydrogens (primary N) is 1. The zero-order chi connectivity index (χ0) is 12.3. The van der Waals surface area contributed by atoms with E-state index in [-0.39, 0.29) is 6.04 Å². The molecule has 2 aliphatic rings. The van der Waals surface area contributed by atoms with Crippen molar-refractivity contribution in [3.05, 3.63) is 0 Å². The lowest BCUT2D eigenvalue weighted by atomic mass is 10.2. The molecule has 2 atom stereocenters. The van der Waals surface area contributed by atoms with Gasteiger partial charge in [0.15, 0.2) is 0 Å². The van der Waals surface area contributed by atoms with E-state index in [1.165, 1.54) is 6.42 Å². The van der Waals surface area contributed by atoms with E-state index < -0.39 is 0 Å². The molecule has 0 spiro atoms. The second-order valence-electron chi connectivity index (χ2n) is 4.97. The topological polar surface area (TPSA) is 65.6 Å². The SMILES string of the molecule is CCC(C(=N)N)N1CCC(N2CCOCC2)C1. The van der Waals surface area contributed by atoms with Gasteiger partial charge in [-0.1, -0.05) is 6.92 Å². The maximum absolute atomic E-state index is 7.63. The molecule has 5 nitrogen and oxygen atoms in total. The van der Waals surface area contributed by atoms with Crippen molar-refractivity contribution in [3.8, 4) is 0 Å². The molecule has 2 unspecified atom stereocenters. The van der Waals surface area contributed by atoms with Crippen molar-refractivity contribution in [2.45, 2.75) is 31.8 Å². The average molecular weight is 240 g/mol. The second kappa shape index (κ2) is 5.80. The van der Waals surface area contributed by atoms with E-state index in [9.17, 15) is 0 Å². The van der Waals surface area contributed by atoms with Crippen molar-refractivity contribution in [3.63, 3.8) is 0 Å². The fraction of sp³-hybridized carbons (Fsp3) is 0.917. The molecule has 2 rings (SSSR count). The van der Waals surface area contributed by atoms with Gasteiger partial charge >= 0.3 is 0 Å². The Bertz CT molecular complexity index is 265. The number of morpholine rings is 1. The number of hydrogen-bond donors (Lipinski definition) is 2. The molecule has 3 N–H and O–H groups in total. The molecule has 98 valence electrons. The summed E-state index contributed by atoms with van der Waals surface area (Å²) in [5, 5.41) is 7.63. The monoisotopic (exact) mass is 240 g/mol. The Morgan fingerprint density at radius 3 is 2.71 bits per heavy atom. The molecule has 0 amide bonds. The van der Waals surface area contributed by atoms with Gasteiger partial charge in [0.2, 0.25) is 0 Å². The molecule has 0 radical (unpaired) electrons. The van der Waals surface area contributed by atoms with E-state index >= 15 is 0 Å². The molecule has 0 saturated carbocycles. The highest BCUT2D eigenvalue weighted by Crippen LogP contribution is 2.20. The third-order valence-corrected chi connectivity index (χ3v) is 3.94. The Labute approximate surface area is 103 Å². The first kappa shape index (κ1) is 12.8. The molecule has 2 aliphatic heterocycles. The van der Waals surface area contributed by atoms with Crippen molar-refractivity contribution in [1.82, 2.24) is 9.80 Å². The number of rotatable bonds is 4. The van der Waals surface area contributed by atoms with Crippen LogP contribution in [0.15, 0.2) is 0 Å². The van der Waals surface area contributed by atoms with Crippen LogP contribution in [0, 0.1) is 5.41 Å². The van der Waals surface area contributed by atoms with Crippen molar-refractivity contribution in [2.75, 3.05) is 39.4 Å². The number of likely N-dealkylation sites (tertiary alicyclic amines) is 1. The van der Waals surface area contributed by atoms with Crippen LogP contribution >= 0.6 is 0 Å². The number of ether oxygens (including phenoxy) is 1. The number of nitrogens with one attached hydrogen (secondary N) is 1. The molecule has 0 aromatic carbocycles. The predicted molar refractivity (Wildman–Crippen MR) is 68.4 cm³/mol. The molecule has 0 aliphatic carbocycles. The molecule has 0 aromatic heterocycles. The summed E-state index contributed by atoms with van der Waals surface area (Å²) in [5.41, 5.74) is 5.66. The van der Waals surface area contributed by atoms with Crippen LogP contribution in [0.1, 0.15) is 19.8 Å².